The topological polar surface area (TPSA) is 29.9 Å². The van der Waals surface area contributed by atoms with E-state index < -0.39 is 0 Å². The van der Waals surface area contributed by atoms with Gasteiger partial charge in [-0.3, -0.25) is 4.68 Å². The molecule has 0 saturated carbocycles. The van der Waals surface area contributed by atoms with Gasteiger partial charge in [-0.2, -0.15) is 16.9 Å². The zero-order valence-corrected chi connectivity index (χ0v) is 13.1. The molecule has 1 saturated heterocycles. The van der Waals surface area contributed by atoms with Crippen molar-refractivity contribution in [3.05, 3.63) is 18.0 Å². The molecule has 2 heterocycles. The van der Waals surface area contributed by atoms with Crippen LogP contribution in [0.15, 0.2) is 12.3 Å². The van der Waals surface area contributed by atoms with Crippen molar-refractivity contribution in [1.82, 2.24) is 15.1 Å². The molecule has 2 rings (SSSR count). The molecule has 19 heavy (non-hydrogen) atoms. The summed E-state index contributed by atoms with van der Waals surface area (Å²) in [6.07, 6.45) is 8.44. The van der Waals surface area contributed by atoms with Crippen molar-refractivity contribution in [2.24, 2.45) is 13.0 Å². The molecule has 108 valence electrons. The number of hydrogen-bond acceptors (Lipinski definition) is 3. The molecular formula is C15H27N3S. The smallest absolute Gasteiger partial charge is 0.0640 e. The van der Waals surface area contributed by atoms with Crippen LogP contribution in [-0.4, -0.2) is 33.9 Å². The first-order valence-corrected chi connectivity index (χ1v) is 8.73. The van der Waals surface area contributed by atoms with Crippen LogP contribution < -0.4 is 5.32 Å². The van der Waals surface area contributed by atoms with E-state index in [9.17, 15) is 0 Å². The Kier molecular flexibility index (Phi) is 6.24. The van der Waals surface area contributed by atoms with Crippen LogP contribution in [0.5, 0.6) is 0 Å². The van der Waals surface area contributed by atoms with E-state index >= 15 is 0 Å². The molecule has 0 bridgehead atoms. The van der Waals surface area contributed by atoms with Crippen molar-refractivity contribution >= 4 is 11.8 Å². The first kappa shape index (κ1) is 14.9. The van der Waals surface area contributed by atoms with E-state index in [1.165, 1.54) is 42.9 Å². The van der Waals surface area contributed by atoms with Gasteiger partial charge in [0.1, 0.15) is 0 Å². The predicted octanol–water partition coefficient (Wildman–Crippen LogP) is 2.86. The molecule has 1 aliphatic rings. The average molecular weight is 281 g/mol. The Morgan fingerprint density at radius 2 is 2.26 bits per heavy atom. The standard InChI is InChI=1S/C15H27N3S/c1-3-7-16-15(11-13-5-9-19-10-6-13)12-14-4-8-18(2)17-14/h4,8,13,15-16H,3,5-7,9-12H2,1-2H3. The maximum Gasteiger partial charge on any atom is 0.0640 e. The van der Waals surface area contributed by atoms with Crippen LogP contribution in [0.1, 0.15) is 38.3 Å². The summed E-state index contributed by atoms with van der Waals surface area (Å²) in [5.74, 6) is 3.63. The van der Waals surface area contributed by atoms with Crippen LogP contribution in [0.3, 0.4) is 0 Å². The second kappa shape index (κ2) is 7.95. The van der Waals surface area contributed by atoms with Crippen molar-refractivity contribution in [3.8, 4) is 0 Å². The van der Waals surface area contributed by atoms with Crippen LogP contribution >= 0.6 is 11.8 Å². The van der Waals surface area contributed by atoms with Crippen LogP contribution in [0, 0.1) is 5.92 Å². The third-order valence-corrected chi connectivity index (χ3v) is 4.91. The van der Waals surface area contributed by atoms with Crippen molar-refractivity contribution in [2.75, 3.05) is 18.1 Å². The summed E-state index contributed by atoms with van der Waals surface area (Å²) in [5, 5.41) is 8.24. The highest BCUT2D eigenvalue weighted by molar-refractivity contribution is 7.99. The first-order chi connectivity index (χ1) is 9.28. The maximum absolute atomic E-state index is 4.52. The Morgan fingerprint density at radius 3 is 2.89 bits per heavy atom. The van der Waals surface area contributed by atoms with Gasteiger partial charge >= 0.3 is 0 Å². The first-order valence-electron chi connectivity index (χ1n) is 7.57. The Hall–Kier alpha value is -0.480. The van der Waals surface area contributed by atoms with Gasteiger partial charge in [0.15, 0.2) is 0 Å². The number of thioether (sulfide) groups is 1. The number of aromatic nitrogens is 2. The molecule has 1 N–H and O–H groups in total. The SMILES string of the molecule is CCCNC(Cc1ccn(C)n1)CC1CCSCC1. The van der Waals surface area contributed by atoms with Gasteiger partial charge in [0.05, 0.1) is 5.69 Å². The van der Waals surface area contributed by atoms with E-state index in [0.717, 1.165) is 18.9 Å². The summed E-state index contributed by atoms with van der Waals surface area (Å²) in [5.41, 5.74) is 1.22. The van der Waals surface area contributed by atoms with Crippen molar-refractivity contribution < 1.29 is 0 Å². The van der Waals surface area contributed by atoms with Crippen LogP contribution in [0.2, 0.25) is 0 Å². The predicted molar refractivity (Wildman–Crippen MR) is 83.7 cm³/mol. The van der Waals surface area contributed by atoms with Gasteiger partial charge in [-0.05, 0) is 55.7 Å². The number of nitrogens with zero attached hydrogens (tertiary/aromatic N) is 2. The summed E-state index contributed by atoms with van der Waals surface area (Å²) < 4.78 is 1.91. The van der Waals surface area contributed by atoms with Gasteiger partial charge in [0.2, 0.25) is 0 Å². The molecule has 0 aliphatic carbocycles. The molecule has 1 atom stereocenters. The molecule has 4 heteroatoms. The molecule has 1 aromatic rings. The molecule has 0 spiro atoms. The Labute approximate surface area is 121 Å². The highest BCUT2D eigenvalue weighted by atomic mass is 32.2. The molecule has 1 aromatic heterocycles. The van der Waals surface area contributed by atoms with Gasteiger partial charge in [0, 0.05) is 25.7 Å². The molecule has 1 fully saturated rings. The van der Waals surface area contributed by atoms with E-state index in [-0.39, 0.29) is 0 Å². The number of rotatable bonds is 7. The van der Waals surface area contributed by atoms with E-state index in [1.807, 2.05) is 17.9 Å². The number of nitrogens with one attached hydrogen (secondary N) is 1. The van der Waals surface area contributed by atoms with Crippen molar-refractivity contribution in [2.45, 2.75) is 45.1 Å². The Morgan fingerprint density at radius 1 is 1.47 bits per heavy atom. The number of aryl methyl sites for hydroxylation is 1. The highest BCUT2D eigenvalue weighted by Gasteiger charge is 2.19. The minimum atomic E-state index is 0.600. The van der Waals surface area contributed by atoms with Crippen LogP contribution in [-0.2, 0) is 13.5 Å². The number of hydrogen-bond donors (Lipinski definition) is 1. The normalized spacial score (nSPS) is 18.6. The van der Waals surface area contributed by atoms with E-state index in [0.29, 0.717) is 6.04 Å². The van der Waals surface area contributed by atoms with Gasteiger partial charge < -0.3 is 5.32 Å². The maximum atomic E-state index is 4.52. The average Bonchev–Trinajstić information content (AvgIpc) is 2.82. The monoisotopic (exact) mass is 281 g/mol. The zero-order chi connectivity index (χ0) is 13.5. The third kappa shape index (κ3) is 5.19. The zero-order valence-electron chi connectivity index (χ0n) is 12.3. The van der Waals surface area contributed by atoms with E-state index in [2.05, 4.69) is 35.2 Å². The summed E-state index contributed by atoms with van der Waals surface area (Å²) >= 11 is 2.11. The lowest BCUT2D eigenvalue weighted by molar-refractivity contribution is 0.360. The Bertz CT molecular complexity index is 358. The molecule has 0 radical (unpaired) electrons. The van der Waals surface area contributed by atoms with Crippen molar-refractivity contribution in [1.29, 1.82) is 0 Å². The third-order valence-electron chi connectivity index (χ3n) is 3.87. The second-order valence-electron chi connectivity index (χ2n) is 5.63. The largest absolute Gasteiger partial charge is 0.314 e. The van der Waals surface area contributed by atoms with Crippen molar-refractivity contribution in [3.63, 3.8) is 0 Å². The molecule has 0 amide bonds. The molecule has 0 aromatic carbocycles. The summed E-state index contributed by atoms with van der Waals surface area (Å²) in [4.78, 5) is 0. The minimum Gasteiger partial charge on any atom is -0.314 e. The summed E-state index contributed by atoms with van der Waals surface area (Å²) in [7, 11) is 2.00. The van der Waals surface area contributed by atoms with Gasteiger partial charge in [-0.1, -0.05) is 6.92 Å². The second-order valence-corrected chi connectivity index (χ2v) is 6.85. The minimum absolute atomic E-state index is 0.600. The molecule has 1 aliphatic heterocycles. The van der Waals surface area contributed by atoms with Gasteiger partial charge in [0.25, 0.3) is 0 Å². The lowest BCUT2D eigenvalue weighted by atomic mass is 9.92. The molecule has 3 nitrogen and oxygen atoms in total. The fraction of sp³-hybridized carbons (Fsp3) is 0.800. The van der Waals surface area contributed by atoms with Crippen LogP contribution in [0.4, 0.5) is 0 Å². The molecular weight excluding hydrogens is 254 g/mol. The fourth-order valence-corrected chi connectivity index (χ4v) is 4.00. The lowest BCUT2D eigenvalue weighted by Crippen LogP contribution is -2.34. The Balaban J connectivity index is 1.86. The van der Waals surface area contributed by atoms with Gasteiger partial charge in [-0.25, -0.2) is 0 Å². The van der Waals surface area contributed by atoms with Crippen LogP contribution in [0.25, 0.3) is 0 Å². The summed E-state index contributed by atoms with van der Waals surface area (Å²) in [6, 6.07) is 2.75. The highest BCUT2D eigenvalue weighted by Crippen LogP contribution is 2.27. The fourth-order valence-electron chi connectivity index (χ4n) is 2.80. The lowest BCUT2D eigenvalue weighted by Gasteiger charge is -2.26. The van der Waals surface area contributed by atoms with Gasteiger partial charge in [-0.15, -0.1) is 0 Å². The van der Waals surface area contributed by atoms with E-state index in [4.69, 9.17) is 0 Å². The summed E-state index contributed by atoms with van der Waals surface area (Å²) in [6.45, 7) is 3.36. The van der Waals surface area contributed by atoms with E-state index in [1.54, 1.807) is 0 Å². The quantitative estimate of drug-likeness (QED) is 0.833. The molecule has 1 unspecified atom stereocenters.